The highest BCUT2D eigenvalue weighted by molar-refractivity contribution is 5.85. The van der Waals surface area contributed by atoms with E-state index in [-0.39, 0.29) is 42.7 Å². The molecule has 1 rings (SSSR count). The molecular formula is C11H22ClN3O2. The van der Waals surface area contributed by atoms with Gasteiger partial charge in [-0.2, -0.15) is 0 Å². The summed E-state index contributed by atoms with van der Waals surface area (Å²) >= 11 is 0. The van der Waals surface area contributed by atoms with Crippen molar-refractivity contribution in [3.05, 3.63) is 0 Å². The van der Waals surface area contributed by atoms with Crippen LogP contribution in [0.25, 0.3) is 0 Å². The van der Waals surface area contributed by atoms with Crippen molar-refractivity contribution in [2.24, 2.45) is 11.7 Å². The van der Waals surface area contributed by atoms with Crippen molar-refractivity contribution in [3.8, 4) is 0 Å². The van der Waals surface area contributed by atoms with Crippen LogP contribution in [0.3, 0.4) is 0 Å². The molecule has 0 aromatic carbocycles. The molecule has 0 saturated heterocycles. The summed E-state index contributed by atoms with van der Waals surface area (Å²) in [7, 11) is 0. The predicted molar refractivity (Wildman–Crippen MR) is 68.9 cm³/mol. The summed E-state index contributed by atoms with van der Waals surface area (Å²) < 4.78 is 0. The fraction of sp³-hybridized carbons (Fsp3) is 0.818. The third-order valence-electron chi connectivity index (χ3n) is 2.99. The van der Waals surface area contributed by atoms with E-state index >= 15 is 0 Å². The Labute approximate surface area is 108 Å². The molecule has 1 fully saturated rings. The van der Waals surface area contributed by atoms with Gasteiger partial charge in [0, 0.05) is 19.0 Å². The fourth-order valence-corrected chi connectivity index (χ4v) is 2.07. The molecule has 5 nitrogen and oxygen atoms in total. The maximum Gasteiger partial charge on any atom is 0.239 e. The van der Waals surface area contributed by atoms with Crippen LogP contribution in [0.5, 0.6) is 0 Å². The van der Waals surface area contributed by atoms with Gasteiger partial charge in [-0.3, -0.25) is 9.59 Å². The van der Waals surface area contributed by atoms with Crippen molar-refractivity contribution < 1.29 is 9.59 Å². The SMILES string of the molecule is CCNC(=O)CNC(=O)C[C@@H]1CCC[C@H]1N.Cl. The highest BCUT2D eigenvalue weighted by Gasteiger charge is 2.25. The maximum absolute atomic E-state index is 11.5. The lowest BCUT2D eigenvalue weighted by Crippen LogP contribution is -2.38. The molecule has 100 valence electrons. The van der Waals surface area contributed by atoms with Crippen molar-refractivity contribution in [2.45, 2.75) is 38.6 Å². The van der Waals surface area contributed by atoms with Crippen LogP contribution < -0.4 is 16.4 Å². The maximum atomic E-state index is 11.5. The summed E-state index contributed by atoms with van der Waals surface area (Å²) in [6.07, 6.45) is 3.58. The Balaban J connectivity index is 0.00000256. The molecule has 17 heavy (non-hydrogen) atoms. The number of carbonyl (C=O) groups is 2. The summed E-state index contributed by atoms with van der Waals surface area (Å²) in [5.74, 6) is 0.0643. The minimum Gasteiger partial charge on any atom is -0.355 e. The molecule has 0 spiro atoms. The lowest BCUT2D eigenvalue weighted by Gasteiger charge is -2.14. The summed E-state index contributed by atoms with van der Waals surface area (Å²) in [6, 6.07) is 0.148. The minimum absolute atomic E-state index is 0. The van der Waals surface area contributed by atoms with Crippen LogP contribution in [0.2, 0.25) is 0 Å². The Morgan fingerprint density at radius 1 is 1.24 bits per heavy atom. The van der Waals surface area contributed by atoms with Crippen LogP contribution in [0, 0.1) is 5.92 Å². The number of carbonyl (C=O) groups excluding carboxylic acids is 2. The number of hydrogen-bond acceptors (Lipinski definition) is 3. The summed E-state index contributed by atoms with van der Waals surface area (Å²) in [5.41, 5.74) is 5.87. The van der Waals surface area contributed by atoms with Crippen LogP contribution >= 0.6 is 12.4 Å². The topological polar surface area (TPSA) is 84.2 Å². The van der Waals surface area contributed by atoms with Crippen molar-refractivity contribution in [1.82, 2.24) is 10.6 Å². The van der Waals surface area contributed by atoms with Gasteiger partial charge in [0.1, 0.15) is 0 Å². The van der Waals surface area contributed by atoms with Gasteiger partial charge in [0.2, 0.25) is 11.8 Å². The van der Waals surface area contributed by atoms with E-state index in [0.29, 0.717) is 13.0 Å². The van der Waals surface area contributed by atoms with Gasteiger partial charge in [0.05, 0.1) is 6.54 Å². The molecule has 0 aromatic heterocycles. The fourth-order valence-electron chi connectivity index (χ4n) is 2.07. The average Bonchev–Trinajstić information content (AvgIpc) is 2.62. The highest BCUT2D eigenvalue weighted by Crippen LogP contribution is 2.26. The molecule has 1 aliphatic rings. The molecule has 2 atom stereocenters. The third-order valence-corrected chi connectivity index (χ3v) is 2.99. The van der Waals surface area contributed by atoms with Gasteiger partial charge in [0.15, 0.2) is 0 Å². The van der Waals surface area contributed by atoms with Gasteiger partial charge >= 0.3 is 0 Å². The van der Waals surface area contributed by atoms with E-state index in [1.54, 1.807) is 0 Å². The Morgan fingerprint density at radius 2 is 1.94 bits per heavy atom. The van der Waals surface area contributed by atoms with Gasteiger partial charge in [-0.15, -0.1) is 12.4 Å². The Bertz CT molecular complexity index is 261. The number of hydrogen-bond donors (Lipinski definition) is 3. The molecule has 0 radical (unpaired) electrons. The lowest BCUT2D eigenvalue weighted by atomic mass is 10.00. The first kappa shape index (κ1) is 16.2. The van der Waals surface area contributed by atoms with Gasteiger partial charge in [-0.1, -0.05) is 6.42 Å². The second-order valence-corrected chi connectivity index (χ2v) is 4.29. The molecule has 2 amide bonds. The second kappa shape index (κ2) is 8.31. The first-order valence-corrected chi connectivity index (χ1v) is 5.92. The van der Waals surface area contributed by atoms with Crippen LogP contribution in [0.15, 0.2) is 0 Å². The molecule has 0 unspecified atom stereocenters. The molecule has 1 saturated carbocycles. The molecule has 6 heteroatoms. The highest BCUT2D eigenvalue weighted by atomic mass is 35.5. The lowest BCUT2D eigenvalue weighted by molar-refractivity contribution is -0.126. The quantitative estimate of drug-likeness (QED) is 0.662. The monoisotopic (exact) mass is 263 g/mol. The molecule has 0 heterocycles. The Hall–Kier alpha value is -0.810. The number of amides is 2. The zero-order valence-electron chi connectivity index (χ0n) is 10.2. The standard InChI is InChI=1S/C11H21N3O2.ClH/c1-2-13-11(16)7-14-10(15)6-8-4-3-5-9(8)12;/h8-9H,2-7,12H2,1H3,(H,13,16)(H,14,15);1H/t8-,9+;/m0./s1. The molecule has 0 aromatic rings. The zero-order valence-corrected chi connectivity index (χ0v) is 11.0. The number of likely N-dealkylation sites (N-methyl/N-ethyl adjacent to an activating group) is 1. The smallest absolute Gasteiger partial charge is 0.239 e. The molecule has 1 aliphatic carbocycles. The summed E-state index contributed by atoms with van der Waals surface area (Å²) in [4.78, 5) is 22.6. The largest absolute Gasteiger partial charge is 0.355 e. The zero-order chi connectivity index (χ0) is 12.0. The Morgan fingerprint density at radius 3 is 2.47 bits per heavy atom. The van der Waals surface area contributed by atoms with Gasteiger partial charge < -0.3 is 16.4 Å². The van der Waals surface area contributed by atoms with E-state index in [1.807, 2.05) is 6.92 Å². The van der Waals surface area contributed by atoms with E-state index < -0.39 is 0 Å². The number of nitrogens with one attached hydrogen (secondary N) is 2. The third kappa shape index (κ3) is 5.89. The summed E-state index contributed by atoms with van der Waals surface area (Å²) in [5, 5.41) is 5.23. The summed E-state index contributed by atoms with van der Waals surface area (Å²) in [6.45, 7) is 2.49. The van der Waals surface area contributed by atoms with E-state index in [4.69, 9.17) is 5.73 Å². The average molecular weight is 264 g/mol. The van der Waals surface area contributed by atoms with E-state index in [0.717, 1.165) is 19.3 Å². The van der Waals surface area contributed by atoms with Crippen LogP contribution in [-0.4, -0.2) is 30.9 Å². The molecule has 0 aliphatic heterocycles. The first-order chi connectivity index (χ1) is 7.63. The van der Waals surface area contributed by atoms with Gasteiger partial charge in [-0.05, 0) is 25.7 Å². The van der Waals surface area contributed by atoms with Crippen molar-refractivity contribution in [1.29, 1.82) is 0 Å². The van der Waals surface area contributed by atoms with E-state index in [9.17, 15) is 9.59 Å². The van der Waals surface area contributed by atoms with Gasteiger partial charge in [-0.25, -0.2) is 0 Å². The number of nitrogens with two attached hydrogens (primary N) is 1. The number of halogens is 1. The minimum atomic E-state index is -0.147. The molecular weight excluding hydrogens is 242 g/mol. The van der Waals surface area contributed by atoms with Crippen molar-refractivity contribution in [3.63, 3.8) is 0 Å². The van der Waals surface area contributed by atoms with Crippen molar-refractivity contribution >= 4 is 24.2 Å². The number of rotatable bonds is 5. The van der Waals surface area contributed by atoms with Crippen LogP contribution in [0.4, 0.5) is 0 Å². The second-order valence-electron chi connectivity index (χ2n) is 4.29. The Kier molecular flexibility index (Phi) is 7.91. The normalized spacial score (nSPS) is 22.7. The molecule has 4 N–H and O–H groups in total. The van der Waals surface area contributed by atoms with E-state index in [2.05, 4.69) is 10.6 Å². The van der Waals surface area contributed by atoms with Crippen LogP contribution in [-0.2, 0) is 9.59 Å². The van der Waals surface area contributed by atoms with Crippen LogP contribution in [0.1, 0.15) is 32.6 Å². The predicted octanol–water partition coefficient (Wildman–Crippen LogP) is 0.178. The first-order valence-electron chi connectivity index (χ1n) is 5.92. The van der Waals surface area contributed by atoms with E-state index in [1.165, 1.54) is 0 Å². The molecule has 0 bridgehead atoms. The van der Waals surface area contributed by atoms with Gasteiger partial charge in [0.25, 0.3) is 0 Å². The van der Waals surface area contributed by atoms with Crippen molar-refractivity contribution in [2.75, 3.05) is 13.1 Å².